The van der Waals surface area contributed by atoms with Crippen LogP contribution in [-0.2, 0) is 6.42 Å². The molecule has 1 heterocycles. The molecule has 0 saturated heterocycles. The van der Waals surface area contributed by atoms with E-state index in [1.165, 1.54) is 0 Å². The van der Waals surface area contributed by atoms with Crippen molar-refractivity contribution in [3.8, 4) is 12.3 Å². The minimum atomic E-state index is 0.0397. The Kier molecular flexibility index (Phi) is 3.58. The molecule has 2 nitrogen and oxygen atoms in total. The van der Waals surface area contributed by atoms with Crippen molar-refractivity contribution in [2.24, 2.45) is 5.41 Å². The van der Waals surface area contributed by atoms with E-state index < -0.39 is 0 Å². The molecule has 0 aliphatic heterocycles. The van der Waals surface area contributed by atoms with E-state index in [0.29, 0.717) is 6.42 Å². The number of aryl methyl sites for hydroxylation is 1. The number of hydrogen-bond donors (Lipinski definition) is 0. The average molecular weight is 257 g/mol. The van der Waals surface area contributed by atoms with Gasteiger partial charge in [0.1, 0.15) is 0 Å². The Bertz CT molecular complexity index is 542. The van der Waals surface area contributed by atoms with Crippen LogP contribution in [0.1, 0.15) is 67.8 Å². The Morgan fingerprint density at radius 3 is 2.74 bits per heavy atom. The lowest BCUT2D eigenvalue weighted by Gasteiger charge is -2.31. The first kappa shape index (κ1) is 13.9. The van der Waals surface area contributed by atoms with Crippen molar-refractivity contribution in [3.63, 3.8) is 0 Å². The third kappa shape index (κ3) is 2.47. The Morgan fingerprint density at radius 1 is 1.47 bits per heavy atom. The van der Waals surface area contributed by atoms with Crippen molar-refractivity contribution >= 4 is 5.78 Å². The maximum atomic E-state index is 12.3. The number of nitrogens with zero attached hydrogens (tertiary/aromatic N) is 1. The molecule has 0 fully saturated rings. The second-order valence-electron chi connectivity index (χ2n) is 6.43. The van der Waals surface area contributed by atoms with Crippen LogP contribution in [0.4, 0.5) is 0 Å². The van der Waals surface area contributed by atoms with Crippen molar-refractivity contribution in [2.45, 2.75) is 59.4 Å². The van der Waals surface area contributed by atoms with Gasteiger partial charge in [-0.25, -0.2) is 0 Å². The van der Waals surface area contributed by atoms with Crippen molar-refractivity contribution in [3.05, 3.63) is 23.0 Å². The van der Waals surface area contributed by atoms with Crippen LogP contribution in [0.2, 0.25) is 0 Å². The zero-order chi connectivity index (χ0) is 14.2. The van der Waals surface area contributed by atoms with E-state index in [-0.39, 0.29) is 17.2 Å². The van der Waals surface area contributed by atoms with Gasteiger partial charge in [0.15, 0.2) is 5.78 Å². The zero-order valence-corrected chi connectivity index (χ0v) is 12.4. The van der Waals surface area contributed by atoms with Crippen LogP contribution in [0, 0.1) is 24.7 Å². The highest BCUT2D eigenvalue weighted by Gasteiger charge is 2.34. The van der Waals surface area contributed by atoms with Crippen LogP contribution >= 0.6 is 0 Å². The smallest absolute Gasteiger partial charge is 0.165 e. The van der Waals surface area contributed by atoms with E-state index in [0.717, 1.165) is 36.2 Å². The van der Waals surface area contributed by atoms with Gasteiger partial charge in [-0.3, -0.25) is 4.79 Å². The first-order valence-electron chi connectivity index (χ1n) is 7.09. The molecule has 0 N–H and O–H groups in total. The van der Waals surface area contributed by atoms with Crippen molar-refractivity contribution in [1.29, 1.82) is 0 Å². The highest BCUT2D eigenvalue weighted by molar-refractivity contribution is 5.99. The molecule has 102 valence electrons. The summed E-state index contributed by atoms with van der Waals surface area (Å²) in [7, 11) is 0. The quantitative estimate of drug-likeness (QED) is 0.752. The Balaban J connectivity index is 2.53. The van der Waals surface area contributed by atoms with E-state index in [4.69, 9.17) is 6.42 Å². The molecule has 1 aliphatic carbocycles. The number of ketones is 1. The number of fused-ring (bicyclic) bond motifs is 1. The summed E-state index contributed by atoms with van der Waals surface area (Å²) >= 11 is 0. The van der Waals surface area contributed by atoms with E-state index in [9.17, 15) is 4.79 Å². The summed E-state index contributed by atoms with van der Waals surface area (Å²) in [4.78, 5) is 12.3. The normalized spacial score (nSPS) is 18.8. The second-order valence-corrected chi connectivity index (χ2v) is 6.43. The Labute approximate surface area is 116 Å². The molecule has 2 rings (SSSR count). The Hall–Kier alpha value is -1.49. The van der Waals surface area contributed by atoms with Crippen molar-refractivity contribution in [1.82, 2.24) is 4.57 Å². The summed E-state index contributed by atoms with van der Waals surface area (Å²) in [6, 6.07) is 2.10. The van der Waals surface area contributed by atoms with Crippen molar-refractivity contribution < 1.29 is 4.79 Å². The number of hydrogen-bond acceptors (Lipinski definition) is 1. The monoisotopic (exact) mass is 257 g/mol. The molecule has 19 heavy (non-hydrogen) atoms. The minimum absolute atomic E-state index is 0.0397. The summed E-state index contributed by atoms with van der Waals surface area (Å²) in [5.74, 6) is 3.15. The Morgan fingerprint density at radius 2 is 2.16 bits per heavy atom. The van der Waals surface area contributed by atoms with E-state index >= 15 is 0 Å². The number of Topliss-reactive ketones (excluding diaryl/α,β-unsaturated/α-hetero) is 1. The molecule has 1 aromatic heterocycles. The lowest BCUT2D eigenvalue weighted by atomic mass is 9.76. The third-order valence-corrected chi connectivity index (χ3v) is 3.99. The van der Waals surface area contributed by atoms with Gasteiger partial charge in [0.2, 0.25) is 0 Å². The SMILES string of the molecule is C#CC(CCC)n1c(C)cc2c1CC(C)(C)CC2=O. The van der Waals surface area contributed by atoms with Crippen LogP contribution in [0.5, 0.6) is 0 Å². The highest BCUT2D eigenvalue weighted by atomic mass is 16.1. The van der Waals surface area contributed by atoms with Crippen LogP contribution < -0.4 is 0 Å². The van der Waals surface area contributed by atoms with Crippen LogP contribution in [-0.4, -0.2) is 10.4 Å². The van der Waals surface area contributed by atoms with Crippen LogP contribution in [0.3, 0.4) is 0 Å². The van der Waals surface area contributed by atoms with Crippen LogP contribution in [0.25, 0.3) is 0 Å². The van der Waals surface area contributed by atoms with Crippen molar-refractivity contribution in [2.75, 3.05) is 0 Å². The van der Waals surface area contributed by atoms with E-state index in [2.05, 4.69) is 38.2 Å². The summed E-state index contributed by atoms with van der Waals surface area (Å²) in [6.45, 7) is 8.51. The molecular weight excluding hydrogens is 234 g/mol. The van der Waals surface area contributed by atoms with Gasteiger partial charge in [-0.1, -0.05) is 33.1 Å². The number of rotatable bonds is 3. The van der Waals surface area contributed by atoms with Gasteiger partial charge in [0, 0.05) is 23.4 Å². The van der Waals surface area contributed by atoms with Crippen LogP contribution in [0.15, 0.2) is 6.07 Å². The maximum absolute atomic E-state index is 12.3. The van der Waals surface area contributed by atoms with Gasteiger partial charge in [0.05, 0.1) is 6.04 Å². The lowest BCUT2D eigenvalue weighted by molar-refractivity contribution is 0.0909. The molecule has 1 atom stereocenters. The predicted molar refractivity (Wildman–Crippen MR) is 78.4 cm³/mol. The molecule has 1 aromatic rings. The fourth-order valence-corrected chi connectivity index (χ4v) is 3.17. The lowest BCUT2D eigenvalue weighted by Crippen LogP contribution is -2.28. The maximum Gasteiger partial charge on any atom is 0.165 e. The molecule has 0 aromatic carbocycles. The number of terminal acetylenes is 1. The van der Waals surface area contributed by atoms with E-state index in [1.807, 2.05) is 6.07 Å². The van der Waals surface area contributed by atoms with Gasteiger partial charge in [-0.2, -0.15) is 0 Å². The highest BCUT2D eigenvalue weighted by Crippen LogP contribution is 2.37. The molecule has 0 bridgehead atoms. The molecule has 0 radical (unpaired) electrons. The first-order valence-corrected chi connectivity index (χ1v) is 7.09. The van der Waals surface area contributed by atoms with Gasteiger partial charge in [0.25, 0.3) is 0 Å². The summed E-state index contributed by atoms with van der Waals surface area (Å²) < 4.78 is 2.22. The fraction of sp³-hybridized carbons (Fsp3) is 0.588. The zero-order valence-electron chi connectivity index (χ0n) is 12.4. The molecule has 1 aliphatic rings. The predicted octanol–water partition coefficient (Wildman–Crippen LogP) is 3.93. The van der Waals surface area contributed by atoms with Gasteiger partial charge >= 0.3 is 0 Å². The number of carbonyl (C=O) groups is 1. The molecule has 0 amide bonds. The third-order valence-electron chi connectivity index (χ3n) is 3.99. The van der Waals surface area contributed by atoms with Gasteiger partial charge in [-0.05, 0) is 31.2 Å². The summed E-state index contributed by atoms with van der Waals surface area (Å²) in [5, 5.41) is 0. The topological polar surface area (TPSA) is 22.0 Å². The largest absolute Gasteiger partial charge is 0.334 e. The molecule has 0 saturated carbocycles. The van der Waals surface area contributed by atoms with Gasteiger partial charge < -0.3 is 4.57 Å². The van der Waals surface area contributed by atoms with Gasteiger partial charge in [-0.15, -0.1) is 6.42 Å². The standard InChI is InChI=1S/C17H23NO/c1-6-8-13(7-2)18-12(3)9-14-15(18)10-17(4,5)11-16(14)19/h2,9,13H,6,8,10-11H2,1,3-5H3. The average Bonchev–Trinajstić information content (AvgIpc) is 2.62. The molecule has 1 unspecified atom stereocenters. The number of carbonyl (C=O) groups excluding carboxylic acids is 1. The summed E-state index contributed by atoms with van der Waals surface area (Å²) in [6.07, 6.45) is 9.29. The number of aromatic nitrogens is 1. The minimum Gasteiger partial charge on any atom is -0.334 e. The molecular formula is C17H23NO. The second kappa shape index (κ2) is 4.89. The molecule has 0 spiro atoms. The molecule has 2 heteroatoms. The van der Waals surface area contributed by atoms with E-state index in [1.54, 1.807) is 0 Å². The fourth-order valence-electron chi connectivity index (χ4n) is 3.17. The first-order chi connectivity index (χ1) is 8.89. The summed E-state index contributed by atoms with van der Waals surface area (Å²) in [5.41, 5.74) is 3.20.